The van der Waals surface area contributed by atoms with Crippen LogP contribution in [-0.4, -0.2) is 42.5 Å². The molecular weight excluding hydrogens is 230 g/mol. The standard InChI is InChI=1S/C13H21N3O2/c1-4-11(10(2)3)15-13(18)14-9-12(17)16-7-5-6-8-16/h1,10-11H,5-9H2,2-3H3,(H2,14,15,18). The van der Waals surface area contributed by atoms with Crippen LogP contribution in [0.4, 0.5) is 4.79 Å². The minimum atomic E-state index is -0.390. The van der Waals surface area contributed by atoms with Crippen molar-refractivity contribution in [3.63, 3.8) is 0 Å². The third-order valence-corrected chi connectivity index (χ3v) is 2.99. The molecule has 5 heteroatoms. The van der Waals surface area contributed by atoms with E-state index in [1.165, 1.54) is 0 Å². The van der Waals surface area contributed by atoms with Crippen LogP contribution in [0.3, 0.4) is 0 Å². The van der Waals surface area contributed by atoms with Gasteiger partial charge >= 0.3 is 6.03 Å². The van der Waals surface area contributed by atoms with Gasteiger partial charge in [0.2, 0.25) is 5.91 Å². The van der Waals surface area contributed by atoms with Gasteiger partial charge in [-0.2, -0.15) is 0 Å². The van der Waals surface area contributed by atoms with E-state index in [0.29, 0.717) is 0 Å². The van der Waals surface area contributed by atoms with Crippen LogP contribution in [0.1, 0.15) is 26.7 Å². The van der Waals surface area contributed by atoms with E-state index >= 15 is 0 Å². The fourth-order valence-corrected chi connectivity index (χ4v) is 1.83. The highest BCUT2D eigenvalue weighted by Gasteiger charge is 2.19. The van der Waals surface area contributed by atoms with Gasteiger partial charge in [0.1, 0.15) is 0 Å². The molecule has 18 heavy (non-hydrogen) atoms. The van der Waals surface area contributed by atoms with E-state index in [2.05, 4.69) is 16.6 Å². The molecule has 1 aliphatic rings. The molecule has 100 valence electrons. The van der Waals surface area contributed by atoms with Crippen LogP contribution in [0, 0.1) is 18.3 Å². The lowest BCUT2D eigenvalue weighted by Crippen LogP contribution is -2.47. The zero-order chi connectivity index (χ0) is 13.5. The number of likely N-dealkylation sites (tertiary alicyclic amines) is 1. The first-order valence-electron chi connectivity index (χ1n) is 6.33. The van der Waals surface area contributed by atoms with Crippen LogP contribution in [-0.2, 0) is 4.79 Å². The van der Waals surface area contributed by atoms with Gasteiger partial charge in [0.15, 0.2) is 0 Å². The van der Waals surface area contributed by atoms with Crippen LogP contribution in [0.15, 0.2) is 0 Å². The van der Waals surface area contributed by atoms with Crippen LogP contribution in [0.25, 0.3) is 0 Å². The second-order valence-corrected chi connectivity index (χ2v) is 4.80. The molecule has 0 spiro atoms. The zero-order valence-corrected chi connectivity index (χ0v) is 11.0. The number of amides is 3. The number of hydrogen-bond acceptors (Lipinski definition) is 2. The molecule has 0 aromatic rings. The van der Waals surface area contributed by atoms with E-state index in [1.807, 2.05) is 13.8 Å². The predicted molar refractivity (Wildman–Crippen MR) is 69.8 cm³/mol. The summed E-state index contributed by atoms with van der Waals surface area (Å²) < 4.78 is 0. The first-order chi connectivity index (χ1) is 8.54. The minimum absolute atomic E-state index is 0.0290. The predicted octanol–water partition coefficient (Wildman–Crippen LogP) is 0.566. The second kappa shape index (κ2) is 6.90. The summed E-state index contributed by atoms with van der Waals surface area (Å²) in [7, 11) is 0. The molecular formula is C13H21N3O2. The molecule has 0 aromatic heterocycles. The summed E-state index contributed by atoms with van der Waals surface area (Å²) in [5, 5.41) is 5.20. The number of carbonyl (C=O) groups is 2. The van der Waals surface area contributed by atoms with Gasteiger partial charge in [-0.15, -0.1) is 6.42 Å². The van der Waals surface area contributed by atoms with E-state index in [1.54, 1.807) is 4.90 Å². The van der Waals surface area contributed by atoms with Crippen molar-refractivity contribution in [1.82, 2.24) is 15.5 Å². The summed E-state index contributed by atoms with van der Waals surface area (Å²) in [5.41, 5.74) is 0. The summed E-state index contributed by atoms with van der Waals surface area (Å²) in [6, 6.07) is -0.703. The first-order valence-corrected chi connectivity index (χ1v) is 6.33. The lowest BCUT2D eigenvalue weighted by atomic mass is 10.1. The Hall–Kier alpha value is -1.70. The SMILES string of the molecule is C#CC(NC(=O)NCC(=O)N1CCCC1)C(C)C. The van der Waals surface area contributed by atoms with Crippen LogP contribution in [0.2, 0.25) is 0 Å². The van der Waals surface area contributed by atoms with E-state index in [4.69, 9.17) is 6.42 Å². The average molecular weight is 251 g/mol. The smallest absolute Gasteiger partial charge is 0.316 e. The Morgan fingerprint density at radius 2 is 1.94 bits per heavy atom. The molecule has 2 N–H and O–H groups in total. The highest BCUT2D eigenvalue weighted by molar-refractivity contribution is 5.84. The summed E-state index contributed by atoms with van der Waals surface area (Å²) in [6.07, 6.45) is 7.40. The van der Waals surface area contributed by atoms with Crippen molar-refractivity contribution < 1.29 is 9.59 Å². The Kier molecular flexibility index (Phi) is 5.50. The van der Waals surface area contributed by atoms with Crippen molar-refractivity contribution in [2.45, 2.75) is 32.7 Å². The van der Waals surface area contributed by atoms with E-state index in [9.17, 15) is 9.59 Å². The summed E-state index contributed by atoms with van der Waals surface area (Å²) >= 11 is 0. The third-order valence-electron chi connectivity index (χ3n) is 2.99. The van der Waals surface area contributed by atoms with Crippen molar-refractivity contribution >= 4 is 11.9 Å². The van der Waals surface area contributed by atoms with Crippen molar-refractivity contribution in [1.29, 1.82) is 0 Å². The number of rotatable bonds is 4. The number of urea groups is 1. The maximum Gasteiger partial charge on any atom is 0.316 e. The average Bonchev–Trinajstić information content (AvgIpc) is 2.86. The normalized spacial score (nSPS) is 16.2. The number of carbonyl (C=O) groups excluding carboxylic acids is 2. The Morgan fingerprint density at radius 1 is 1.33 bits per heavy atom. The largest absolute Gasteiger partial charge is 0.341 e. The van der Waals surface area contributed by atoms with Crippen molar-refractivity contribution in [2.75, 3.05) is 19.6 Å². The Balaban J connectivity index is 2.28. The van der Waals surface area contributed by atoms with Gasteiger partial charge in [-0.3, -0.25) is 4.79 Å². The molecule has 0 bridgehead atoms. The molecule has 1 saturated heterocycles. The molecule has 5 nitrogen and oxygen atoms in total. The number of hydrogen-bond donors (Lipinski definition) is 2. The van der Waals surface area contributed by atoms with Crippen molar-refractivity contribution in [3.05, 3.63) is 0 Å². The topological polar surface area (TPSA) is 61.4 Å². The fraction of sp³-hybridized carbons (Fsp3) is 0.692. The molecule has 1 rings (SSSR count). The Bertz CT molecular complexity index is 341. The Labute approximate surface area is 108 Å². The van der Waals surface area contributed by atoms with E-state index in [0.717, 1.165) is 25.9 Å². The van der Waals surface area contributed by atoms with Crippen LogP contribution in [0.5, 0.6) is 0 Å². The molecule has 1 unspecified atom stereocenters. The van der Waals surface area contributed by atoms with Crippen molar-refractivity contribution in [2.24, 2.45) is 5.92 Å². The van der Waals surface area contributed by atoms with Gasteiger partial charge in [-0.25, -0.2) is 4.79 Å². The van der Waals surface area contributed by atoms with Gasteiger partial charge in [0.25, 0.3) is 0 Å². The fourth-order valence-electron chi connectivity index (χ4n) is 1.83. The minimum Gasteiger partial charge on any atom is -0.341 e. The van der Waals surface area contributed by atoms with Gasteiger partial charge in [-0.1, -0.05) is 19.8 Å². The van der Waals surface area contributed by atoms with Gasteiger partial charge < -0.3 is 15.5 Å². The quantitative estimate of drug-likeness (QED) is 0.717. The maximum atomic E-state index is 11.7. The first kappa shape index (κ1) is 14.4. The molecule has 1 fully saturated rings. The molecule has 3 amide bonds. The molecule has 1 atom stereocenters. The van der Waals surface area contributed by atoms with E-state index < -0.39 is 0 Å². The lowest BCUT2D eigenvalue weighted by molar-refractivity contribution is -0.128. The number of nitrogens with one attached hydrogen (secondary N) is 2. The summed E-state index contributed by atoms with van der Waals surface area (Å²) in [6.45, 7) is 5.48. The molecule has 1 heterocycles. The molecule has 0 radical (unpaired) electrons. The lowest BCUT2D eigenvalue weighted by Gasteiger charge is -2.18. The monoisotopic (exact) mass is 251 g/mol. The van der Waals surface area contributed by atoms with Gasteiger partial charge in [0, 0.05) is 13.1 Å². The highest BCUT2D eigenvalue weighted by Crippen LogP contribution is 2.06. The summed E-state index contributed by atoms with van der Waals surface area (Å²) in [5.74, 6) is 2.63. The highest BCUT2D eigenvalue weighted by atomic mass is 16.2. The van der Waals surface area contributed by atoms with Crippen LogP contribution < -0.4 is 10.6 Å². The molecule has 0 saturated carbocycles. The number of terminal acetylenes is 1. The third kappa shape index (κ3) is 4.28. The molecule has 0 aliphatic carbocycles. The number of nitrogens with zero attached hydrogens (tertiary/aromatic N) is 1. The van der Waals surface area contributed by atoms with Gasteiger partial charge in [0.05, 0.1) is 12.6 Å². The second-order valence-electron chi connectivity index (χ2n) is 4.80. The maximum absolute atomic E-state index is 11.7. The Morgan fingerprint density at radius 3 is 2.44 bits per heavy atom. The van der Waals surface area contributed by atoms with Crippen molar-refractivity contribution in [3.8, 4) is 12.3 Å². The summed E-state index contributed by atoms with van der Waals surface area (Å²) in [4.78, 5) is 25.0. The van der Waals surface area contributed by atoms with Gasteiger partial charge in [-0.05, 0) is 18.8 Å². The van der Waals surface area contributed by atoms with E-state index in [-0.39, 0.29) is 30.4 Å². The van der Waals surface area contributed by atoms with Crippen LogP contribution >= 0.6 is 0 Å². The molecule has 1 aliphatic heterocycles. The zero-order valence-electron chi connectivity index (χ0n) is 11.0. The molecule has 0 aromatic carbocycles.